The number of benzene rings is 4. The van der Waals surface area contributed by atoms with Crippen molar-refractivity contribution in [1.29, 1.82) is 0 Å². The predicted molar refractivity (Wildman–Crippen MR) is 137 cm³/mol. The Kier molecular flexibility index (Phi) is 5.77. The van der Waals surface area contributed by atoms with Crippen LogP contribution >= 0.6 is 0 Å². The fraction of sp³-hybridized carbons (Fsp3) is 0.100. The fourth-order valence-electron chi connectivity index (χ4n) is 4.33. The van der Waals surface area contributed by atoms with E-state index < -0.39 is 0 Å². The van der Waals surface area contributed by atoms with Crippen LogP contribution in [0, 0.1) is 6.92 Å². The molecular formula is C30H27N3. The lowest BCUT2D eigenvalue weighted by molar-refractivity contribution is 0.955. The molecule has 1 aromatic heterocycles. The van der Waals surface area contributed by atoms with Gasteiger partial charge in [-0.25, -0.2) is 4.98 Å². The third kappa shape index (κ3) is 4.44. The van der Waals surface area contributed by atoms with Crippen molar-refractivity contribution < 1.29 is 0 Å². The Morgan fingerprint density at radius 2 is 1.30 bits per heavy atom. The molecule has 0 atom stereocenters. The largest absolute Gasteiger partial charge is 0.369 e. The van der Waals surface area contributed by atoms with E-state index in [2.05, 4.69) is 84.3 Å². The van der Waals surface area contributed by atoms with E-state index in [0.29, 0.717) is 5.95 Å². The van der Waals surface area contributed by atoms with E-state index in [9.17, 15) is 0 Å². The summed E-state index contributed by atoms with van der Waals surface area (Å²) in [5, 5.41) is 0. The molecule has 3 nitrogen and oxygen atoms in total. The predicted octanol–water partition coefficient (Wildman–Crippen LogP) is 6.88. The van der Waals surface area contributed by atoms with E-state index in [1.165, 1.54) is 16.7 Å². The Bertz CT molecular complexity index is 1350. The molecule has 0 aliphatic carbocycles. The molecule has 0 fully saturated rings. The summed E-state index contributed by atoms with van der Waals surface area (Å²) in [6, 6.07) is 38.0. The lowest BCUT2D eigenvalue weighted by Gasteiger charge is -2.13. The SMILES string of the molecule is Cc1cccc(CCc2ccc(-n3c(N)nc(-c4ccccc4)c3-c3ccccc3)cc2)c1. The van der Waals surface area contributed by atoms with Crippen molar-refractivity contribution in [3.8, 4) is 28.2 Å². The van der Waals surface area contributed by atoms with E-state index in [4.69, 9.17) is 10.7 Å². The Balaban J connectivity index is 1.50. The van der Waals surface area contributed by atoms with Crippen LogP contribution in [0.15, 0.2) is 109 Å². The summed E-state index contributed by atoms with van der Waals surface area (Å²) in [7, 11) is 0. The lowest BCUT2D eigenvalue weighted by Crippen LogP contribution is -2.03. The highest BCUT2D eigenvalue weighted by Gasteiger charge is 2.19. The number of nitrogen functional groups attached to an aromatic ring is 1. The van der Waals surface area contributed by atoms with Crippen molar-refractivity contribution in [1.82, 2.24) is 9.55 Å². The second-order valence-electron chi connectivity index (χ2n) is 8.39. The van der Waals surface area contributed by atoms with Crippen LogP contribution in [0.3, 0.4) is 0 Å². The van der Waals surface area contributed by atoms with Crippen molar-refractivity contribution >= 4 is 5.95 Å². The normalized spacial score (nSPS) is 10.9. The van der Waals surface area contributed by atoms with Crippen LogP contribution in [0.5, 0.6) is 0 Å². The van der Waals surface area contributed by atoms with E-state index in [1.807, 2.05) is 36.4 Å². The maximum absolute atomic E-state index is 6.49. The molecule has 3 heteroatoms. The van der Waals surface area contributed by atoms with Crippen LogP contribution in [-0.2, 0) is 12.8 Å². The lowest BCUT2D eigenvalue weighted by atomic mass is 10.0. The van der Waals surface area contributed by atoms with Crippen molar-refractivity contribution in [2.24, 2.45) is 0 Å². The summed E-state index contributed by atoms with van der Waals surface area (Å²) in [4.78, 5) is 4.78. The molecule has 0 spiro atoms. The van der Waals surface area contributed by atoms with Gasteiger partial charge < -0.3 is 5.73 Å². The summed E-state index contributed by atoms with van der Waals surface area (Å²) in [5.74, 6) is 0.486. The number of hydrogen-bond acceptors (Lipinski definition) is 2. The molecule has 2 N–H and O–H groups in total. The second kappa shape index (κ2) is 9.17. The number of nitrogens with two attached hydrogens (primary N) is 1. The Labute approximate surface area is 195 Å². The molecule has 0 unspecified atom stereocenters. The average Bonchev–Trinajstić information content (AvgIpc) is 3.21. The van der Waals surface area contributed by atoms with Gasteiger partial charge in [0.15, 0.2) is 0 Å². The number of hydrogen-bond donors (Lipinski definition) is 1. The zero-order valence-electron chi connectivity index (χ0n) is 18.8. The van der Waals surface area contributed by atoms with Gasteiger partial charge in [0, 0.05) is 16.8 Å². The molecule has 0 aliphatic rings. The third-order valence-electron chi connectivity index (χ3n) is 5.98. The van der Waals surface area contributed by atoms with Crippen molar-refractivity contribution in [3.63, 3.8) is 0 Å². The zero-order chi connectivity index (χ0) is 22.6. The second-order valence-corrected chi connectivity index (χ2v) is 8.39. The summed E-state index contributed by atoms with van der Waals surface area (Å²) in [6.07, 6.45) is 2.03. The third-order valence-corrected chi connectivity index (χ3v) is 5.98. The topological polar surface area (TPSA) is 43.8 Å². The molecule has 5 rings (SSSR count). The maximum Gasteiger partial charge on any atom is 0.205 e. The first kappa shape index (κ1) is 20.8. The van der Waals surface area contributed by atoms with Gasteiger partial charge in [-0.05, 0) is 43.0 Å². The van der Waals surface area contributed by atoms with Gasteiger partial charge >= 0.3 is 0 Å². The number of anilines is 1. The van der Waals surface area contributed by atoms with Crippen LogP contribution < -0.4 is 5.73 Å². The molecule has 0 radical (unpaired) electrons. The summed E-state index contributed by atoms with van der Waals surface area (Å²) < 4.78 is 2.06. The molecular weight excluding hydrogens is 402 g/mol. The highest BCUT2D eigenvalue weighted by Crippen LogP contribution is 2.36. The van der Waals surface area contributed by atoms with Crippen molar-refractivity contribution in [2.75, 3.05) is 5.73 Å². The summed E-state index contributed by atoms with van der Waals surface area (Å²) in [5.41, 5.74) is 15.5. The molecule has 0 bridgehead atoms. The molecule has 0 amide bonds. The standard InChI is InChI=1S/C30H27N3/c1-22-9-8-10-24(21-22)16-15-23-17-19-27(20-18-23)33-29(26-13-6-3-7-14-26)28(32-30(33)31)25-11-4-2-5-12-25/h2-14,17-21H,15-16H2,1H3,(H2,31,32). The summed E-state index contributed by atoms with van der Waals surface area (Å²) in [6.45, 7) is 2.14. The number of rotatable bonds is 6. The van der Waals surface area contributed by atoms with Gasteiger partial charge in [-0.15, -0.1) is 0 Å². The fourth-order valence-corrected chi connectivity index (χ4v) is 4.33. The minimum absolute atomic E-state index is 0.486. The molecule has 162 valence electrons. The van der Waals surface area contributed by atoms with Crippen LogP contribution in [0.1, 0.15) is 16.7 Å². The Morgan fingerprint density at radius 1 is 0.667 bits per heavy atom. The van der Waals surface area contributed by atoms with Gasteiger partial charge in [0.25, 0.3) is 0 Å². The van der Waals surface area contributed by atoms with Crippen LogP contribution in [0.25, 0.3) is 28.2 Å². The number of imidazole rings is 1. The van der Waals surface area contributed by atoms with Gasteiger partial charge in [-0.2, -0.15) is 0 Å². The Hall–Kier alpha value is -4.11. The number of aromatic nitrogens is 2. The first-order valence-electron chi connectivity index (χ1n) is 11.3. The van der Waals surface area contributed by atoms with Crippen molar-refractivity contribution in [2.45, 2.75) is 19.8 Å². The molecule has 0 saturated heterocycles. The molecule has 1 heterocycles. The molecule has 33 heavy (non-hydrogen) atoms. The van der Waals surface area contributed by atoms with Crippen molar-refractivity contribution in [3.05, 3.63) is 126 Å². The molecule has 4 aromatic carbocycles. The highest BCUT2D eigenvalue weighted by molar-refractivity contribution is 5.82. The van der Waals surface area contributed by atoms with Crippen LogP contribution in [0.4, 0.5) is 5.95 Å². The molecule has 0 aliphatic heterocycles. The van der Waals surface area contributed by atoms with Gasteiger partial charge in [-0.3, -0.25) is 4.57 Å². The van der Waals surface area contributed by atoms with Gasteiger partial charge in [0.1, 0.15) is 0 Å². The summed E-state index contributed by atoms with van der Waals surface area (Å²) >= 11 is 0. The van der Waals surface area contributed by atoms with E-state index in [-0.39, 0.29) is 0 Å². The quantitative estimate of drug-likeness (QED) is 0.320. The van der Waals surface area contributed by atoms with Crippen LogP contribution in [0.2, 0.25) is 0 Å². The zero-order valence-corrected chi connectivity index (χ0v) is 18.8. The number of aryl methyl sites for hydroxylation is 3. The number of nitrogens with zero attached hydrogens (tertiary/aromatic N) is 2. The molecule has 0 saturated carbocycles. The van der Waals surface area contributed by atoms with Crippen LogP contribution in [-0.4, -0.2) is 9.55 Å². The minimum atomic E-state index is 0.486. The van der Waals surface area contributed by atoms with E-state index >= 15 is 0 Å². The minimum Gasteiger partial charge on any atom is -0.369 e. The smallest absolute Gasteiger partial charge is 0.205 e. The highest BCUT2D eigenvalue weighted by atomic mass is 15.2. The Morgan fingerprint density at radius 3 is 1.97 bits per heavy atom. The van der Waals surface area contributed by atoms with E-state index in [0.717, 1.165) is 41.0 Å². The van der Waals surface area contributed by atoms with Gasteiger partial charge in [0.05, 0.1) is 11.4 Å². The van der Waals surface area contributed by atoms with E-state index in [1.54, 1.807) is 0 Å². The van der Waals surface area contributed by atoms with Gasteiger partial charge in [0.2, 0.25) is 5.95 Å². The monoisotopic (exact) mass is 429 g/mol. The van der Waals surface area contributed by atoms with Gasteiger partial charge in [-0.1, -0.05) is 103 Å². The molecule has 5 aromatic rings. The first-order valence-corrected chi connectivity index (χ1v) is 11.3. The average molecular weight is 430 g/mol. The maximum atomic E-state index is 6.49. The first-order chi connectivity index (χ1) is 16.2.